The highest BCUT2D eigenvalue weighted by atomic mass is 16.3. The third-order valence-corrected chi connectivity index (χ3v) is 2.63. The molecule has 0 heterocycles. The monoisotopic (exact) mass is 171 g/mol. The van der Waals surface area contributed by atoms with Crippen LogP contribution in [0.5, 0.6) is 0 Å². The molecule has 1 fully saturated rings. The van der Waals surface area contributed by atoms with Crippen LogP contribution < -0.4 is 0 Å². The van der Waals surface area contributed by atoms with Crippen LogP contribution in [-0.4, -0.2) is 34.2 Å². The van der Waals surface area contributed by atoms with Crippen LogP contribution in [0.4, 0.5) is 0 Å². The number of hydrogen-bond acceptors (Lipinski definition) is 2. The van der Waals surface area contributed by atoms with E-state index < -0.39 is 0 Å². The highest BCUT2D eigenvalue weighted by Crippen LogP contribution is 2.36. The lowest BCUT2D eigenvalue weighted by atomic mass is 10.2. The summed E-state index contributed by atoms with van der Waals surface area (Å²) in [4.78, 5) is 2.35. The molecule has 0 bridgehead atoms. The van der Waals surface area contributed by atoms with E-state index >= 15 is 0 Å². The van der Waals surface area contributed by atoms with E-state index in [4.69, 9.17) is 0 Å². The van der Waals surface area contributed by atoms with Gasteiger partial charge in [-0.3, -0.25) is 4.90 Å². The first-order valence-electron chi connectivity index (χ1n) is 4.93. The molecule has 1 N–H and O–H groups in total. The fraction of sp³-hybridized carbons (Fsp3) is 1.00. The molecule has 1 aliphatic carbocycles. The van der Waals surface area contributed by atoms with E-state index in [1.165, 1.54) is 0 Å². The maximum atomic E-state index is 9.76. The van der Waals surface area contributed by atoms with Gasteiger partial charge in [0.05, 0.1) is 5.60 Å². The van der Waals surface area contributed by atoms with Crippen molar-refractivity contribution in [2.24, 2.45) is 0 Å². The molecule has 0 spiro atoms. The summed E-state index contributed by atoms with van der Waals surface area (Å²) in [5, 5.41) is 9.76. The summed E-state index contributed by atoms with van der Waals surface area (Å²) >= 11 is 0. The summed E-state index contributed by atoms with van der Waals surface area (Å²) in [6.45, 7) is 9.59. The first kappa shape index (κ1) is 10.0. The van der Waals surface area contributed by atoms with Crippen molar-refractivity contribution in [2.45, 2.75) is 58.2 Å². The van der Waals surface area contributed by atoms with Gasteiger partial charge in [-0.2, -0.15) is 0 Å². The molecule has 1 aliphatic rings. The van der Waals surface area contributed by atoms with Gasteiger partial charge in [-0.05, 0) is 40.5 Å². The number of nitrogens with zero attached hydrogens (tertiary/aromatic N) is 1. The van der Waals surface area contributed by atoms with Crippen molar-refractivity contribution in [3.05, 3.63) is 0 Å². The zero-order chi connectivity index (χ0) is 9.35. The minimum absolute atomic E-state index is 0.339. The van der Waals surface area contributed by atoms with Gasteiger partial charge in [0.1, 0.15) is 0 Å². The lowest BCUT2D eigenvalue weighted by molar-refractivity contribution is 0.0591. The van der Waals surface area contributed by atoms with Crippen molar-refractivity contribution in [1.82, 2.24) is 4.90 Å². The van der Waals surface area contributed by atoms with E-state index in [1.807, 2.05) is 0 Å². The van der Waals surface area contributed by atoms with Crippen molar-refractivity contribution in [1.29, 1.82) is 0 Å². The molecule has 2 nitrogen and oxygen atoms in total. The van der Waals surface area contributed by atoms with E-state index in [2.05, 4.69) is 32.6 Å². The predicted molar refractivity (Wildman–Crippen MR) is 51.2 cm³/mol. The van der Waals surface area contributed by atoms with Gasteiger partial charge in [0.2, 0.25) is 0 Å². The molecule has 0 aromatic carbocycles. The molecular formula is C10H21NO. The van der Waals surface area contributed by atoms with E-state index in [1.54, 1.807) is 0 Å². The van der Waals surface area contributed by atoms with E-state index in [9.17, 15) is 5.11 Å². The molecule has 0 aromatic heterocycles. The summed E-state index contributed by atoms with van der Waals surface area (Å²) in [6.07, 6.45) is 1.98. The third kappa shape index (κ3) is 2.46. The van der Waals surface area contributed by atoms with E-state index in [-0.39, 0.29) is 5.60 Å². The smallest absolute Gasteiger partial charge is 0.0776 e. The summed E-state index contributed by atoms with van der Waals surface area (Å²) in [7, 11) is 0. The molecule has 1 saturated carbocycles. The normalized spacial score (nSPS) is 21.0. The van der Waals surface area contributed by atoms with Gasteiger partial charge in [-0.1, -0.05) is 0 Å². The van der Waals surface area contributed by atoms with Crippen LogP contribution in [0.15, 0.2) is 0 Å². The molecule has 12 heavy (non-hydrogen) atoms. The molecule has 1 rings (SSSR count). The van der Waals surface area contributed by atoms with Gasteiger partial charge < -0.3 is 5.11 Å². The van der Waals surface area contributed by atoms with Gasteiger partial charge in [0.25, 0.3) is 0 Å². The largest absolute Gasteiger partial charge is 0.389 e. The first-order valence-corrected chi connectivity index (χ1v) is 4.93. The van der Waals surface area contributed by atoms with Crippen molar-refractivity contribution in [3.8, 4) is 0 Å². The highest BCUT2D eigenvalue weighted by Gasteiger charge is 2.42. The first-order chi connectivity index (χ1) is 5.44. The topological polar surface area (TPSA) is 23.5 Å². The van der Waals surface area contributed by atoms with Crippen molar-refractivity contribution < 1.29 is 5.11 Å². The molecule has 0 saturated heterocycles. The summed E-state index contributed by atoms with van der Waals surface area (Å²) in [5.74, 6) is 0. The second kappa shape index (κ2) is 3.35. The highest BCUT2D eigenvalue weighted by molar-refractivity contribution is 4.97. The lowest BCUT2D eigenvalue weighted by Crippen LogP contribution is -2.43. The molecule has 0 amide bonds. The average Bonchev–Trinajstić information content (AvgIpc) is 2.63. The molecule has 0 aromatic rings. The molecule has 0 atom stereocenters. The van der Waals surface area contributed by atoms with Crippen molar-refractivity contribution in [2.75, 3.05) is 6.54 Å². The van der Waals surface area contributed by atoms with Gasteiger partial charge in [0.15, 0.2) is 0 Å². The molecular weight excluding hydrogens is 150 g/mol. The summed E-state index contributed by atoms with van der Waals surface area (Å²) in [5.41, 5.74) is -0.339. The van der Waals surface area contributed by atoms with Crippen LogP contribution in [0.2, 0.25) is 0 Å². The zero-order valence-corrected chi connectivity index (χ0v) is 8.67. The van der Waals surface area contributed by atoms with Gasteiger partial charge in [0, 0.05) is 18.6 Å². The molecule has 0 aliphatic heterocycles. The van der Waals surface area contributed by atoms with Crippen LogP contribution in [0.1, 0.15) is 40.5 Å². The minimum atomic E-state index is -0.339. The SMILES string of the molecule is CC(C)N(CC1(O)CC1)C(C)C. The predicted octanol–water partition coefficient (Wildman–Crippen LogP) is 1.63. The van der Waals surface area contributed by atoms with Crippen LogP contribution in [0.25, 0.3) is 0 Å². The Bertz CT molecular complexity index is 142. The third-order valence-electron chi connectivity index (χ3n) is 2.63. The number of rotatable bonds is 4. The van der Waals surface area contributed by atoms with Gasteiger partial charge in [-0.25, -0.2) is 0 Å². The summed E-state index contributed by atoms with van der Waals surface area (Å²) in [6, 6.07) is 1.07. The Balaban J connectivity index is 2.43. The Morgan fingerprint density at radius 1 is 1.17 bits per heavy atom. The Morgan fingerprint density at radius 2 is 1.58 bits per heavy atom. The molecule has 0 radical (unpaired) electrons. The minimum Gasteiger partial charge on any atom is -0.389 e. The number of aliphatic hydroxyl groups is 1. The zero-order valence-electron chi connectivity index (χ0n) is 8.67. The fourth-order valence-electron chi connectivity index (χ4n) is 1.60. The second-order valence-electron chi connectivity index (χ2n) is 4.58. The molecule has 2 heteroatoms. The molecule has 72 valence electrons. The average molecular weight is 171 g/mol. The van der Waals surface area contributed by atoms with E-state index in [0.717, 1.165) is 19.4 Å². The molecule has 0 unspecified atom stereocenters. The Labute approximate surface area is 75.6 Å². The van der Waals surface area contributed by atoms with Crippen molar-refractivity contribution in [3.63, 3.8) is 0 Å². The quantitative estimate of drug-likeness (QED) is 0.695. The van der Waals surface area contributed by atoms with E-state index in [0.29, 0.717) is 12.1 Å². The van der Waals surface area contributed by atoms with Gasteiger partial charge in [-0.15, -0.1) is 0 Å². The van der Waals surface area contributed by atoms with Crippen molar-refractivity contribution >= 4 is 0 Å². The van der Waals surface area contributed by atoms with Gasteiger partial charge >= 0.3 is 0 Å². The Morgan fingerprint density at radius 3 is 1.83 bits per heavy atom. The van der Waals surface area contributed by atoms with Crippen LogP contribution in [-0.2, 0) is 0 Å². The van der Waals surface area contributed by atoms with Crippen LogP contribution >= 0.6 is 0 Å². The Hall–Kier alpha value is -0.0800. The standard InChI is InChI=1S/C10H21NO/c1-8(2)11(9(3)4)7-10(12)5-6-10/h8-9,12H,5-7H2,1-4H3. The Kier molecular flexibility index (Phi) is 2.79. The maximum Gasteiger partial charge on any atom is 0.0776 e. The second-order valence-corrected chi connectivity index (χ2v) is 4.58. The van der Waals surface area contributed by atoms with Crippen LogP contribution in [0.3, 0.4) is 0 Å². The maximum absolute atomic E-state index is 9.76. The lowest BCUT2D eigenvalue weighted by Gasteiger charge is -2.32. The van der Waals surface area contributed by atoms with Crippen LogP contribution in [0, 0.1) is 0 Å². The fourth-order valence-corrected chi connectivity index (χ4v) is 1.60. The number of hydrogen-bond donors (Lipinski definition) is 1. The summed E-state index contributed by atoms with van der Waals surface area (Å²) < 4.78 is 0.